The van der Waals surface area contributed by atoms with E-state index < -0.39 is 15.1 Å². The highest BCUT2D eigenvalue weighted by Gasteiger charge is 2.33. The molecule has 0 unspecified atom stereocenters. The summed E-state index contributed by atoms with van der Waals surface area (Å²) in [5.74, 6) is 0.0915. The number of nitrogens with zero attached hydrogens (tertiary/aromatic N) is 2. The summed E-state index contributed by atoms with van der Waals surface area (Å²) < 4.78 is 28.8. The zero-order chi connectivity index (χ0) is 21.9. The predicted octanol–water partition coefficient (Wildman–Crippen LogP) is 4.30. The molecule has 7 nitrogen and oxygen atoms in total. The van der Waals surface area contributed by atoms with Crippen molar-refractivity contribution in [3.05, 3.63) is 58.6 Å². The summed E-state index contributed by atoms with van der Waals surface area (Å²) in [5, 5.41) is 19.3. The fraction of sp³-hybridized carbons (Fsp3) is 0.300. The van der Waals surface area contributed by atoms with Crippen LogP contribution in [0.4, 0.5) is 4.79 Å². The number of rotatable bonds is 5. The van der Waals surface area contributed by atoms with Crippen LogP contribution in [0.15, 0.2) is 47.4 Å². The Kier molecular flexibility index (Phi) is 6.76. The summed E-state index contributed by atoms with van der Waals surface area (Å²) in [6.45, 7) is 0.836. The minimum atomic E-state index is -3.97. The Morgan fingerprint density at radius 1 is 1.27 bits per heavy atom. The van der Waals surface area contributed by atoms with Gasteiger partial charge in [0.25, 0.3) is 9.05 Å². The zero-order valence-electron chi connectivity index (χ0n) is 15.7. The lowest BCUT2D eigenvalue weighted by molar-refractivity contribution is 0.0937. The Labute approximate surface area is 183 Å². The van der Waals surface area contributed by atoms with Gasteiger partial charge in [0.1, 0.15) is 11.8 Å². The van der Waals surface area contributed by atoms with Gasteiger partial charge in [-0.15, -0.1) is 0 Å². The maximum Gasteiger partial charge on any atom is 0.407 e. The van der Waals surface area contributed by atoms with Gasteiger partial charge in [-0.05, 0) is 48.2 Å². The van der Waals surface area contributed by atoms with E-state index in [1.807, 2.05) is 18.2 Å². The number of nitriles is 1. The van der Waals surface area contributed by atoms with Crippen LogP contribution in [0.3, 0.4) is 0 Å². The van der Waals surface area contributed by atoms with Crippen LogP contribution >= 0.6 is 22.3 Å². The Bertz CT molecular complexity index is 1080. The third-order valence-corrected chi connectivity index (χ3v) is 6.71. The summed E-state index contributed by atoms with van der Waals surface area (Å²) in [5.41, 5.74) is 1.06. The topological polar surface area (TPSA) is 108 Å². The molecule has 1 saturated heterocycles. The van der Waals surface area contributed by atoms with Gasteiger partial charge in [0.2, 0.25) is 0 Å². The van der Waals surface area contributed by atoms with Crippen LogP contribution in [-0.4, -0.2) is 44.2 Å². The van der Waals surface area contributed by atoms with E-state index in [1.165, 1.54) is 17.0 Å². The predicted molar refractivity (Wildman–Crippen MR) is 112 cm³/mol. The molecule has 2 aromatic carbocycles. The van der Waals surface area contributed by atoms with Crippen molar-refractivity contribution >= 4 is 37.4 Å². The standard InChI is InChI=1S/C20H18Cl2N2O5S/c21-16-3-1-13(2-4-16)18-7-8-24(20(25)26)11-15(18)12-29-19-6-5-17(30(22,27)28)9-14(19)10-23/h1-6,9,15,18H,7-8,11-12H2,(H,25,26)/t15-,18-/m0/s1. The molecule has 2 aromatic rings. The summed E-state index contributed by atoms with van der Waals surface area (Å²) in [7, 11) is 1.36. The quantitative estimate of drug-likeness (QED) is 0.655. The maximum absolute atomic E-state index is 11.5. The molecule has 1 aliphatic heterocycles. The van der Waals surface area contributed by atoms with E-state index in [2.05, 4.69) is 0 Å². The molecule has 1 N–H and O–H groups in total. The van der Waals surface area contributed by atoms with Gasteiger partial charge in [-0.25, -0.2) is 13.2 Å². The van der Waals surface area contributed by atoms with Crippen molar-refractivity contribution in [2.24, 2.45) is 5.92 Å². The van der Waals surface area contributed by atoms with Gasteiger partial charge in [0, 0.05) is 34.7 Å². The number of piperidine rings is 1. The largest absolute Gasteiger partial charge is 0.492 e. The molecule has 158 valence electrons. The number of hydrogen-bond acceptors (Lipinski definition) is 5. The molecular formula is C20H18Cl2N2O5S. The Hall–Kier alpha value is -2.47. The maximum atomic E-state index is 11.5. The highest BCUT2D eigenvalue weighted by molar-refractivity contribution is 8.13. The first-order valence-electron chi connectivity index (χ1n) is 9.04. The van der Waals surface area contributed by atoms with E-state index in [9.17, 15) is 23.6 Å². The molecule has 30 heavy (non-hydrogen) atoms. The zero-order valence-corrected chi connectivity index (χ0v) is 18.0. The van der Waals surface area contributed by atoms with Crippen molar-refractivity contribution in [1.82, 2.24) is 4.90 Å². The minimum absolute atomic E-state index is 0.0330. The van der Waals surface area contributed by atoms with Crippen molar-refractivity contribution in [1.29, 1.82) is 5.26 Å². The molecule has 1 amide bonds. The lowest BCUT2D eigenvalue weighted by Gasteiger charge is -2.37. The van der Waals surface area contributed by atoms with Crippen LogP contribution in [0.25, 0.3) is 0 Å². The SMILES string of the molecule is N#Cc1cc(S(=O)(=O)Cl)ccc1OC[C@@H]1CN(C(=O)O)CC[C@H]1c1ccc(Cl)cc1. The average molecular weight is 469 g/mol. The van der Waals surface area contributed by atoms with Crippen LogP contribution in [0.2, 0.25) is 5.02 Å². The van der Waals surface area contributed by atoms with Crippen molar-refractivity contribution in [2.45, 2.75) is 17.2 Å². The first-order chi connectivity index (χ1) is 14.2. The van der Waals surface area contributed by atoms with Gasteiger partial charge in [0.05, 0.1) is 17.1 Å². The molecule has 1 heterocycles. The second-order valence-corrected chi connectivity index (χ2v) is 9.96. The Balaban J connectivity index is 1.83. The Morgan fingerprint density at radius 3 is 2.57 bits per heavy atom. The summed E-state index contributed by atoms with van der Waals surface area (Å²) in [6, 6.07) is 13.1. The fourth-order valence-electron chi connectivity index (χ4n) is 3.59. The number of ether oxygens (including phenoxy) is 1. The van der Waals surface area contributed by atoms with Crippen LogP contribution in [0.1, 0.15) is 23.5 Å². The van der Waals surface area contributed by atoms with Crippen molar-refractivity contribution in [2.75, 3.05) is 19.7 Å². The monoisotopic (exact) mass is 468 g/mol. The van der Waals surface area contributed by atoms with E-state index in [0.29, 0.717) is 18.0 Å². The summed E-state index contributed by atoms with van der Waals surface area (Å²) in [6.07, 6.45) is -0.375. The van der Waals surface area contributed by atoms with E-state index in [-0.39, 0.29) is 41.2 Å². The first-order valence-corrected chi connectivity index (χ1v) is 11.7. The van der Waals surface area contributed by atoms with Crippen LogP contribution < -0.4 is 4.74 Å². The van der Waals surface area contributed by atoms with E-state index in [0.717, 1.165) is 11.6 Å². The molecule has 10 heteroatoms. The highest BCUT2D eigenvalue weighted by Crippen LogP contribution is 2.35. The third kappa shape index (κ3) is 5.17. The van der Waals surface area contributed by atoms with Gasteiger partial charge in [-0.2, -0.15) is 5.26 Å². The van der Waals surface area contributed by atoms with Crippen LogP contribution in [0, 0.1) is 17.2 Å². The van der Waals surface area contributed by atoms with Crippen molar-refractivity contribution < 1.29 is 23.1 Å². The molecule has 2 atom stereocenters. The number of carboxylic acid groups (broad SMARTS) is 1. The van der Waals surface area contributed by atoms with Gasteiger partial charge in [0.15, 0.2) is 0 Å². The van der Waals surface area contributed by atoms with Gasteiger partial charge >= 0.3 is 6.09 Å². The molecule has 0 aliphatic carbocycles. The lowest BCUT2D eigenvalue weighted by atomic mass is 9.81. The molecule has 0 aromatic heterocycles. The van der Waals surface area contributed by atoms with Gasteiger partial charge < -0.3 is 14.7 Å². The molecule has 0 bridgehead atoms. The number of carbonyl (C=O) groups is 1. The first kappa shape index (κ1) is 22.2. The minimum Gasteiger partial charge on any atom is -0.492 e. The highest BCUT2D eigenvalue weighted by atomic mass is 35.7. The smallest absolute Gasteiger partial charge is 0.407 e. The summed E-state index contributed by atoms with van der Waals surface area (Å²) in [4.78, 5) is 12.6. The van der Waals surface area contributed by atoms with Crippen molar-refractivity contribution in [3.8, 4) is 11.8 Å². The van der Waals surface area contributed by atoms with Crippen molar-refractivity contribution in [3.63, 3.8) is 0 Å². The van der Waals surface area contributed by atoms with E-state index in [1.54, 1.807) is 12.1 Å². The molecule has 0 radical (unpaired) electrons. The molecular weight excluding hydrogens is 451 g/mol. The molecule has 0 spiro atoms. The number of hydrogen-bond donors (Lipinski definition) is 1. The number of halogens is 2. The molecule has 1 fully saturated rings. The third-order valence-electron chi connectivity index (χ3n) is 5.11. The summed E-state index contributed by atoms with van der Waals surface area (Å²) >= 11 is 5.98. The fourth-order valence-corrected chi connectivity index (χ4v) is 4.50. The second kappa shape index (κ2) is 9.13. The molecule has 3 rings (SSSR count). The van der Waals surface area contributed by atoms with Crippen LogP contribution in [-0.2, 0) is 9.05 Å². The number of amides is 1. The van der Waals surface area contributed by atoms with Gasteiger partial charge in [-0.1, -0.05) is 23.7 Å². The van der Waals surface area contributed by atoms with E-state index in [4.69, 9.17) is 27.0 Å². The lowest BCUT2D eigenvalue weighted by Crippen LogP contribution is -2.44. The van der Waals surface area contributed by atoms with E-state index >= 15 is 0 Å². The number of benzene rings is 2. The Morgan fingerprint density at radius 2 is 1.97 bits per heavy atom. The average Bonchev–Trinajstić information content (AvgIpc) is 2.71. The molecule has 0 saturated carbocycles. The molecule has 1 aliphatic rings. The normalized spacial score (nSPS) is 19.2. The second-order valence-electron chi connectivity index (χ2n) is 6.95. The van der Waals surface area contributed by atoms with Gasteiger partial charge in [-0.3, -0.25) is 0 Å². The number of likely N-dealkylation sites (tertiary alicyclic amines) is 1. The van der Waals surface area contributed by atoms with Crippen LogP contribution in [0.5, 0.6) is 5.75 Å².